The number of hydrogen-bond acceptors (Lipinski definition) is 3. The second kappa shape index (κ2) is 4.55. The summed E-state index contributed by atoms with van der Waals surface area (Å²) in [6, 6.07) is 0.724. The van der Waals surface area contributed by atoms with Crippen LogP contribution >= 0.6 is 0 Å². The number of aliphatic hydroxyl groups is 1. The zero-order valence-corrected chi connectivity index (χ0v) is 10.1. The molecular weight excluding hydrogens is 202 g/mol. The van der Waals surface area contributed by atoms with Gasteiger partial charge in [0.2, 0.25) is 0 Å². The van der Waals surface area contributed by atoms with Gasteiger partial charge in [-0.3, -0.25) is 0 Å². The van der Waals surface area contributed by atoms with Crippen molar-refractivity contribution >= 4 is 0 Å². The van der Waals surface area contributed by atoms with Gasteiger partial charge >= 0.3 is 0 Å². The molecule has 0 atom stereocenters. The first-order valence-electron chi connectivity index (χ1n) is 5.99. The van der Waals surface area contributed by atoms with Crippen LogP contribution in [0.5, 0.6) is 0 Å². The molecule has 0 aromatic carbocycles. The van der Waals surface area contributed by atoms with Crippen LogP contribution in [0.3, 0.4) is 0 Å². The Morgan fingerprint density at radius 3 is 2.94 bits per heavy atom. The Kier molecular flexibility index (Phi) is 3.30. The summed E-state index contributed by atoms with van der Waals surface area (Å²) in [7, 11) is 0. The Bertz CT molecular complexity index is 336. The van der Waals surface area contributed by atoms with Gasteiger partial charge < -0.3 is 15.0 Å². The molecule has 90 valence electrons. The number of rotatable bonds is 6. The molecule has 2 rings (SSSR count). The van der Waals surface area contributed by atoms with Gasteiger partial charge in [0.1, 0.15) is 0 Å². The molecule has 0 spiro atoms. The first kappa shape index (κ1) is 11.6. The minimum absolute atomic E-state index is 0.601. The van der Waals surface area contributed by atoms with Crippen molar-refractivity contribution in [1.82, 2.24) is 14.9 Å². The molecule has 1 heterocycles. The molecule has 1 aliphatic carbocycles. The summed E-state index contributed by atoms with van der Waals surface area (Å²) in [6.45, 7) is 5.35. The minimum Gasteiger partial charge on any atom is -0.390 e. The third kappa shape index (κ3) is 3.94. The van der Waals surface area contributed by atoms with Crippen LogP contribution in [0, 0.1) is 0 Å². The van der Waals surface area contributed by atoms with Gasteiger partial charge in [-0.25, -0.2) is 4.98 Å². The Labute approximate surface area is 96.7 Å². The summed E-state index contributed by atoms with van der Waals surface area (Å²) in [5.41, 5.74) is 0.485. The summed E-state index contributed by atoms with van der Waals surface area (Å²) >= 11 is 0. The van der Waals surface area contributed by atoms with Crippen LogP contribution in [0.1, 0.15) is 38.8 Å². The van der Waals surface area contributed by atoms with Crippen LogP contribution < -0.4 is 5.32 Å². The Hall–Kier alpha value is -0.870. The zero-order chi connectivity index (χ0) is 11.6. The second-order valence-corrected chi connectivity index (χ2v) is 5.32. The van der Waals surface area contributed by atoms with E-state index in [1.165, 1.54) is 12.8 Å². The summed E-state index contributed by atoms with van der Waals surface area (Å²) in [5.74, 6) is 0. The largest absolute Gasteiger partial charge is 0.390 e. The van der Waals surface area contributed by atoms with E-state index in [1.54, 1.807) is 0 Å². The van der Waals surface area contributed by atoms with Crippen LogP contribution in [0.15, 0.2) is 12.5 Å². The predicted octanol–water partition coefficient (Wildman–Crippen LogP) is 1.30. The molecule has 0 unspecified atom stereocenters. The van der Waals surface area contributed by atoms with Crippen LogP contribution in [-0.2, 0) is 13.1 Å². The molecule has 16 heavy (non-hydrogen) atoms. The van der Waals surface area contributed by atoms with Crippen molar-refractivity contribution in [3.05, 3.63) is 18.2 Å². The van der Waals surface area contributed by atoms with Gasteiger partial charge in [0.15, 0.2) is 0 Å². The SMILES string of the molecule is CC(C)(O)CCn1cnc(CNC2CC2)c1. The molecule has 0 radical (unpaired) electrons. The third-order valence-electron chi connectivity index (χ3n) is 2.82. The van der Waals surface area contributed by atoms with Crippen LogP contribution in [-0.4, -0.2) is 26.3 Å². The Morgan fingerprint density at radius 2 is 2.31 bits per heavy atom. The highest BCUT2D eigenvalue weighted by Crippen LogP contribution is 2.19. The van der Waals surface area contributed by atoms with E-state index in [4.69, 9.17) is 0 Å². The average molecular weight is 223 g/mol. The number of aromatic nitrogens is 2. The molecule has 2 N–H and O–H groups in total. The molecule has 0 saturated heterocycles. The fourth-order valence-corrected chi connectivity index (χ4v) is 1.56. The fourth-order valence-electron chi connectivity index (χ4n) is 1.56. The monoisotopic (exact) mass is 223 g/mol. The molecule has 4 nitrogen and oxygen atoms in total. The average Bonchev–Trinajstić information content (AvgIpc) is 2.91. The number of nitrogens with zero attached hydrogens (tertiary/aromatic N) is 2. The van der Waals surface area contributed by atoms with Crippen LogP contribution in [0.2, 0.25) is 0 Å². The summed E-state index contributed by atoms with van der Waals surface area (Å²) < 4.78 is 2.04. The van der Waals surface area contributed by atoms with E-state index in [9.17, 15) is 5.11 Å². The highest BCUT2D eigenvalue weighted by atomic mass is 16.3. The van der Waals surface area contributed by atoms with Gasteiger partial charge in [-0.2, -0.15) is 0 Å². The third-order valence-corrected chi connectivity index (χ3v) is 2.82. The Morgan fingerprint density at radius 1 is 1.56 bits per heavy atom. The number of aryl methyl sites for hydroxylation is 1. The lowest BCUT2D eigenvalue weighted by molar-refractivity contribution is 0.0662. The first-order valence-corrected chi connectivity index (χ1v) is 5.99. The highest BCUT2D eigenvalue weighted by Gasteiger charge is 2.20. The van der Waals surface area contributed by atoms with E-state index in [0.29, 0.717) is 0 Å². The van der Waals surface area contributed by atoms with E-state index in [0.717, 1.165) is 31.2 Å². The van der Waals surface area contributed by atoms with Crippen molar-refractivity contribution in [3.8, 4) is 0 Å². The van der Waals surface area contributed by atoms with Gasteiger partial charge in [-0.15, -0.1) is 0 Å². The molecule has 0 amide bonds. The molecule has 1 saturated carbocycles. The quantitative estimate of drug-likeness (QED) is 0.764. The smallest absolute Gasteiger partial charge is 0.0949 e. The van der Waals surface area contributed by atoms with Gasteiger partial charge in [0.25, 0.3) is 0 Å². The molecule has 1 aliphatic rings. The lowest BCUT2D eigenvalue weighted by Gasteiger charge is -2.16. The van der Waals surface area contributed by atoms with Crippen molar-refractivity contribution in [2.24, 2.45) is 0 Å². The van der Waals surface area contributed by atoms with E-state index >= 15 is 0 Å². The lowest BCUT2D eigenvalue weighted by atomic mass is 10.1. The predicted molar refractivity (Wildman–Crippen MR) is 63.0 cm³/mol. The second-order valence-electron chi connectivity index (χ2n) is 5.32. The maximum Gasteiger partial charge on any atom is 0.0949 e. The van der Waals surface area contributed by atoms with Gasteiger partial charge in [-0.05, 0) is 33.1 Å². The molecule has 0 aliphatic heterocycles. The standard InChI is InChI=1S/C12H21N3O/c1-12(2,16)5-6-15-8-11(14-9-15)7-13-10-3-4-10/h8-10,13,16H,3-7H2,1-2H3. The molecule has 4 heteroatoms. The number of hydrogen-bond donors (Lipinski definition) is 2. The summed E-state index contributed by atoms with van der Waals surface area (Å²) in [6.07, 6.45) is 7.26. The van der Waals surface area contributed by atoms with E-state index < -0.39 is 5.60 Å². The van der Waals surface area contributed by atoms with E-state index in [-0.39, 0.29) is 0 Å². The maximum atomic E-state index is 9.62. The maximum absolute atomic E-state index is 9.62. The van der Waals surface area contributed by atoms with E-state index in [2.05, 4.69) is 16.5 Å². The Balaban J connectivity index is 1.77. The summed E-state index contributed by atoms with van der Waals surface area (Å²) in [4.78, 5) is 4.34. The lowest BCUT2D eigenvalue weighted by Crippen LogP contribution is -2.20. The number of nitrogens with one attached hydrogen (secondary N) is 1. The van der Waals surface area contributed by atoms with Crippen molar-refractivity contribution in [2.45, 2.75) is 57.8 Å². The topological polar surface area (TPSA) is 50.1 Å². The van der Waals surface area contributed by atoms with Gasteiger partial charge in [-0.1, -0.05) is 0 Å². The molecule has 1 fully saturated rings. The van der Waals surface area contributed by atoms with Crippen molar-refractivity contribution in [2.75, 3.05) is 0 Å². The summed E-state index contributed by atoms with van der Waals surface area (Å²) in [5, 5.41) is 13.1. The highest BCUT2D eigenvalue weighted by molar-refractivity contribution is 4.98. The fraction of sp³-hybridized carbons (Fsp3) is 0.750. The van der Waals surface area contributed by atoms with Crippen LogP contribution in [0.25, 0.3) is 0 Å². The van der Waals surface area contributed by atoms with Crippen LogP contribution in [0.4, 0.5) is 0 Å². The molecule has 1 aromatic heterocycles. The van der Waals surface area contributed by atoms with Crippen molar-refractivity contribution in [3.63, 3.8) is 0 Å². The van der Waals surface area contributed by atoms with Gasteiger partial charge in [0, 0.05) is 25.3 Å². The normalized spacial score (nSPS) is 16.7. The molecular formula is C12H21N3O. The zero-order valence-electron chi connectivity index (χ0n) is 10.1. The van der Waals surface area contributed by atoms with Gasteiger partial charge in [0.05, 0.1) is 17.6 Å². The number of imidazole rings is 1. The van der Waals surface area contributed by atoms with Crippen molar-refractivity contribution < 1.29 is 5.11 Å². The van der Waals surface area contributed by atoms with E-state index in [1.807, 2.05) is 24.7 Å². The minimum atomic E-state index is -0.601. The first-order chi connectivity index (χ1) is 7.53. The molecule has 1 aromatic rings. The van der Waals surface area contributed by atoms with Crippen molar-refractivity contribution in [1.29, 1.82) is 0 Å². The molecule has 0 bridgehead atoms.